The zero-order valence-corrected chi connectivity index (χ0v) is 19.2. The van der Waals surface area contributed by atoms with E-state index in [1.807, 2.05) is 29.7 Å². The minimum absolute atomic E-state index is 0.0704. The van der Waals surface area contributed by atoms with Crippen molar-refractivity contribution in [3.63, 3.8) is 0 Å². The van der Waals surface area contributed by atoms with E-state index in [-0.39, 0.29) is 18.8 Å². The first kappa shape index (κ1) is 21.6. The van der Waals surface area contributed by atoms with Gasteiger partial charge in [-0.25, -0.2) is 9.97 Å². The summed E-state index contributed by atoms with van der Waals surface area (Å²) in [6.45, 7) is 4.68. The molecule has 1 aliphatic rings. The molecule has 0 aliphatic heterocycles. The number of aliphatic hydroxyl groups is 1. The second-order valence-corrected chi connectivity index (χ2v) is 8.87. The van der Waals surface area contributed by atoms with E-state index in [4.69, 9.17) is 31.2 Å². The summed E-state index contributed by atoms with van der Waals surface area (Å²) in [6, 6.07) is 9.37. The Hall–Kier alpha value is -3.23. The summed E-state index contributed by atoms with van der Waals surface area (Å²) in [5.41, 5.74) is 3.76. The van der Waals surface area contributed by atoms with Crippen LogP contribution >= 0.6 is 11.6 Å². The lowest BCUT2D eigenvalue weighted by Gasteiger charge is -2.12. The van der Waals surface area contributed by atoms with Gasteiger partial charge in [0.05, 0.1) is 23.9 Å². The van der Waals surface area contributed by atoms with Crippen molar-refractivity contribution in [1.29, 1.82) is 0 Å². The molecule has 1 aliphatic carbocycles. The van der Waals surface area contributed by atoms with Gasteiger partial charge >= 0.3 is 0 Å². The van der Waals surface area contributed by atoms with Crippen LogP contribution in [0.5, 0.6) is 11.6 Å². The molecule has 0 saturated heterocycles. The third-order valence-electron chi connectivity index (χ3n) is 5.63. The number of pyridine rings is 1. The Morgan fingerprint density at radius 3 is 2.73 bits per heavy atom. The topological polar surface area (TPSA) is 95.2 Å². The van der Waals surface area contributed by atoms with Gasteiger partial charge in [-0.1, -0.05) is 11.6 Å². The molecule has 33 heavy (non-hydrogen) atoms. The Morgan fingerprint density at radius 2 is 2.00 bits per heavy atom. The van der Waals surface area contributed by atoms with Gasteiger partial charge < -0.3 is 19.1 Å². The van der Waals surface area contributed by atoms with Gasteiger partial charge in [0.1, 0.15) is 30.1 Å². The van der Waals surface area contributed by atoms with Crippen molar-refractivity contribution >= 4 is 22.8 Å². The molecule has 8 nitrogen and oxygen atoms in total. The first-order valence-corrected chi connectivity index (χ1v) is 11.2. The molecule has 3 heterocycles. The highest BCUT2D eigenvalue weighted by molar-refractivity contribution is 6.33. The zero-order valence-electron chi connectivity index (χ0n) is 18.5. The zero-order chi connectivity index (χ0) is 23.0. The van der Waals surface area contributed by atoms with Crippen LogP contribution < -0.4 is 9.47 Å². The molecule has 4 aromatic rings. The predicted octanol–water partition coefficient (Wildman–Crippen LogP) is 4.20. The quantitative estimate of drug-likeness (QED) is 0.416. The maximum Gasteiger partial charge on any atom is 0.245 e. The molecular weight excluding hydrogens is 442 g/mol. The fourth-order valence-electron chi connectivity index (χ4n) is 3.64. The molecule has 0 unspecified atom stereocenters. The Bertz CT molecular complexity index is 1320. The van der Waals surface area contributed by atoms with Crippen LogP contribution in [0.1, 0.15) is 31.0 Å². The first-order chi connectivity index (χ1) is 16.0. The standard InChI is InChI=1S/C24H24ClN5O3/c1-15-5-8-26-16(11-15)13-30-21(18-4-3-17(12-19(18)25)32-10-9-31)29-20-22(30)27-14-28-23(20)33-24(2)6-7-24/h3-5,8,11-12,14,31H,6-7,9-10,13H2,1-2H3. The molecule has 3 aromatic heterocycles. The van der Waals surface area contributed by atoms with Gasteiger partial charge in [0.15, 0.2) is 11.2 Å². The lowest BCUT2D eigenvalue weighted by molar-refractivity contribution is 0.194. The van der Waals surface area contributed by atoms with Crippen LogP contribution in [0, 0.1) is 6.92 Å². The summed E-state index contributed by atoms with van der Waals surface area (Å²) in [7, 11) is 0. The number of ether oxygens (including phenoxy) is 2. The molecule has 0 atom stereocenters. The summed E-state index contributed by atoms with van der Waals surface area (Å²) in [5, 5.41) is 9.49. The summed E-state index contributed by atoms with van der Waals surface area (Å²) < 4.78 is 13.6. The minimum Gasteiger partial charge on any atom is -0.491 e. The van der Waals surface area contributed by atoms with Crippen LogP contribution in [0.4, 0.5) is 0 Å². The van der Waals surface area contributed by atoms with Crippen LogP contribution in [-0.2, 0) is 6.54 Å². The molecule has 1 saturated carbocycles. The number of halogens is 1. The molecule has 0 spiro atoms. The Kier molecular flexibility index (Phi) is 5.64. The van der Waals surface area contributed by atoms with Crippen molar-refractivity contribution in [3.05, 3.63) is 59.1 Å². The third kappa shape index (κ3) is 4.49. The molecule has 0 bridgehead atoms. The summed E-state index contributed by atoms with van der Waals surface area (Å²) in [6.07, 6.45) is 5.27. The van der Waals surface area contributed by atoms with Crippen molar-refractivity contribution in [2.45, 2.75) is 38.8 Å². The fourth-order valence-corrected chi connectivity index (χ4v) is 3.89. The number of aryl methyl sites for hydroxylation is 1. The van der Waals surface area contributed by atoms with Crippen molar-refractivity contribution < 1.29 is 14.6 Å². The lowest BCUT2D eigenvalue weighted by atomic mass is 10.2. The lowest BCUT2D eigenvalue weighted by Crippen LogP contribution is -2.13. The van der Waals surface area contributed by atoms with Gasteiger partial charge in [0.2, 0.25) is 5.88 Å². The van der Waals surface area contributed by atoms with Gasteiger partial charge in [0.25, 0.3) is 0 Å². The Labute approximate surface area is 196 Å². The van der Waals surface area contributed by atoms with E-state index in [9.17, 15) is 0 Å². The normalized spacial score (nSPS) is 14.4. The maximum absolute atomic E-state index is 9.02. The van der Waals surface area contributed by atoms with Gasteiger partial charge in [-0.2, -0.15) is 4.98 Å². The molecule has 170 valence electrons. The molecule has 5 rings (SSSR count). The average molecular weight is 466 g/mol. The summed E-state index contributed by atoms with van der Waals surface area (Å²) in [5.74, 6) is 1.68. The second-order valence-electron chi connectivity index (χ2n) is 8.46. The molecule has 1 N–H and O–H groups in total. The SMILES string of the molecule is Cc1ccnc(Cn2c(-c3ccc(OCCO)cc3Cl)nc3c(OC4(C)CC4)ncnc32)c1. The van der Waals surface area contributed by atoms with Crippen molar-refractivity contribution in [2.75, 3.05) is 13.2 Å². The molecule has 0 radical (unpaired) electrons. The van der Waals surface area contributed by atoms with Crippen LogP contribution in [0.3, 0.4) is 0 Å². The molecule has 1 aromatic carbocycles. The number of aromatic nitrogens is 5. The van der Waals surface area contributed by atoms with E-state index >= 15 is 0 Å². The van der Waals surface area contributed by atoms with Gasteiger partial charge in [0, 0.05) is 11.8 Å². The van der Waals surface area contributed by atoms with Crippen LogP contribution in [0.25, 0.3) is 22.6 Å². The highest BCUT2D eigenvalue weighted by Gasteiger charge is 2.41. The molecular formula is C24H24ClN5O3. The highest BCUT2D eigenvalue weighted by atomic mass is 35.5. The van der Waals surface area contributed by atoms with E-state index in [0.29, 0.717) is 40.2 Å². The number of hydrogen-bond donors (Lipinski definition) is 1. The monoisotopic (exact) mass is 465 g/mol. The number of hydrogen-bond acceptors (Lipinski definition) is 7. The van der Waals surface area contributed by atoms with Crippen LogP contribution in [-0.4, -0.2) is 48.4 Å². The Morgan fingerprint density at radius 1 is 1.15 bits per heavy atom. The van der Waals surface area contributed by atoms with Crippen molar-refractivity contribution in [3.8, 4) is 23.0 Å². The summed E-state index contributed by atoms with van der Waals surface area (Å²) in [4.78, 5) is 18.3. The average Bonchev–Trinajstić information content (AvgIpc) is 3.41. The third-order valence-corrected chi connectivity index (χ3v) is 5.94. The number of fused-ring (bicyclic) bond motifs is 1. The first-order valence-electron chi connectivity index (χ1n) is 10.8. The maximum atomic E-state index is 9.02. The number of benzene rings is 1. The molecule has 0 amide bonds. The molecule has 9 heteroatoms. The second kappa shape index (κ2) is 8.61. The summed E-state index contributed by atoms with van der Waals surface area (Å²) >= 11 is 6.65. The molecule has 1 fully saturated rings. The van der Waals surface area contributed by atoms with E-state index in [0.717, 1.165) is 29.7 Å². The van der Waals surface area contributed by atoms with Crippen LogP contribution in [0.15, 0.2) is 42.9 Å². The smallest absolute Gasteiger partial charge is 0.245 e. The number of aliphatic hydroxyl groups excluding tert-OH is 1. The predicted molar refractivity (Wildman–Crippen MR) is 125 cm³/mol. The van der Waals surface area contributed by atoms with Crippen LogP contribution in [0.2, 0.25) is 5.02 Å². The van der Waals surface area contributed by atoms with E-state index < -0.39 is 0 Å². The fraction of sp³-hybridized carbons (Fsp3) is 0.333. The van der Waals surface area contributed by atoms with Gasteiger partial charge in [-0.3, -0.25) is 4.98 Å². The minimum atomic E-state index is -0.202. The van der Waals surface area contributed by atoms with Crippen molar-refractivity contribution in [1.82, 2.24) is 24.5 Å². The largest absolute Gasteiger partial charge is 0.491 e. The van der Waals surface area contributed by atoms with Gasteiger partial charge in [-0.05, 0) is 62.6 Å². The van der Waals surface area contributed by atoms with E-state index in [2.05, 4.69) is 21.9 Å². The van der Waals surface area contributed by atoms with E-state index in [1.165, 1.54) is 6.33 Å². The van der Waals surface area contributed by atoms with E-state index in [1.54, 1.807) is 18.3 Å². The van der Waals surface area contributed by atoms with Gasteiger partial charge in [-0.15, -0.1) is 0 Å². The number of nitrogens with zero attached hydrogens (tertiary/aromatic N) is 5. The number of rotatable bonds is 8. The number of imidazole rings is 1. The highest BCUT2D eigenvalue weighted by Crippen LogP contribution is 2.41. The Balaban J connectivity index is 1.64. The van der Waals surface area contributed by atoms with Crippen molar-refractivity contribution in [2.24, 2.45) is 0 Å².